The summed E-state index contributed by atoms with van der Waals surface area (Å²) in [6.07, 6.45) is 3.21. The van der Waals surface area contributed by atoms with Crippen molar-refractivity contribution >= 4 is 39.0 Å². The molecule has 0 aliphatic carbocycles. The van der Waals surface area contributed by atoms with Crippen LogP contribution in [0.2, 0.25) is 5.02 Å². The predicted octanol–water partition coefficient (Wildman–Crippen LogP) is 3.75. The monoisotopic (exact) mass is 458 g/mol. The molecule has 1 aromatic heterocycles. The Hall–Kier alpha value is -2.50. The highest BCUT2D eigenvalue weighted by atomic mass is 35.5. The Morgan fingerprint density at radius 2 is 2.03 bits per heavy atom. The molecule has 2 rings (SSSR count). The van der Waals surface area contributed by atoms with Gasteiger partial charge in [0.25, 0.3) is 5.69 Å². The molecule has 10 nitrogen and oxygen atoms in total. The van der Waals surface area contributed by atoms with Crippen LogP contribution in [0.5, 0.6) is 0 Å². The molecule has 12 heteroatoms. The van der Waals surface area contributed by atoms with Gasteiger partial charge in [0.2, 0.25) is 15.9 Å². The van der Waals surface area contributed by atoms with Gasteiger partial charge in [0, 0.05) is 18.7 Å². The maximum absolute atomic E-state index is 13.1. The van der Waals surface area contributed by atoms with Gasteiger partial charge in [0.1, 0.15) is 10.8 Å². The lowest BCUT2D eigenvalue weighted by molar-refractivity contribution is -0.384. The molecule has 0 saturated heterocycles. The van der Waals surface area contributed by atoms with Crippen LogP contribution < -0.4 is 5.32 Å². The Kier molecular flexibility index (Phi) is 8.33. The van der Waals surface area contributed by atoms with E-state index in [-0.39, 0.29) is 22.3 Å². The molecule has 1 aromatic carbocycles. The van der Waals surface area contributed by atoms with E-state index in [4.69, 9.17) is 16.1 Å². The van der Waals surface area contributed by atoms with Crippen LogP contribution in [0, 0.1) is 17.0 Å². The largest absolute Gasteiger partial charge is 0.360 e. The lowest BCUT2D eigenvalue weighted by atomic mass is 10.2. The topological polar surface area (TPSA) is 136 Å². The van der Waals surface area contributed by atoms with Crippen molar-refractivity contribution in [1.82, 2.24) is 9.46 Å². The molecule has 0 bridgehead atoms. The van der Waals surface area contributed by atoms with Gasteiger partial charge in [-0.2, -0.15) is 4.31 Å². The summed E-state index contributed by atoms with van der Waals surface area (Å²) in [7, 11) is -4.18. The second-order valence-electron chi connectivity index (χ2n) is 6.64. The predicted molar refractivity (Wildman–Crippen MR) is 111 cm³/mol. The van der Waals surface area contributed by atoms with Crippen molar-refractivity contribution in [2.75, 3.05) is 18.4 Å². The van der Waals surface area contributed by atoms with E-state index in [0.717, 1.165) is 35.7 Å². The summed E-state index contributed by atoms with van der Waals surface area (Å²) >= 11 is 5.79. The number of hydrogen-bond donors (Lipinski definition) is 1. The summed E-state index contributed by atoms with van der Waals surface area (Å²) in [5.74, 6) is 0.0524. The average molecular weight is 459 g/mol. The second kappa shape index (κ2) is 10.5. The number of carbonyl (C=O) groups excluding carboxylic acids is 1. The third-order valence-electron chi connectivity index (χ3n) is 4.23. The second-order valence-corrected chi connectivity index (χ2v) is 8.99. The average Bonchev–Trinajstić information content (AvgIpc) is 3.08. The smallest absolute Gasteiger partial charge is 0.289 e. The number of sulfonamides is 1. The van der Waals surface area contributed by atoms with Crippen molar-refractivity contribution in [3.8, 4) is 0 Å². The van der Waals surface area contributed by atoms with E-state index in [1.165, 1.54) is 12.1 Å². The Labute approximate surface area is 179 Å². The van der Waals surface area contributed by atoms with Gasteiger partial charge in [0.15, 0.2) is 5.82 Å². The van der Waals surface area contributed by atoms with Gasteiger partial charge in [-0.05, 0) is 25.5 Å². The van der Waals surface area contributed by atoms with Crippen LogP contribution in [-0.4, -0.2) is 41.8 Å². The zero-order valence-electron chi connectivity index (χ0n) is 16.6. The first kappa shape index (κ1) is 23.8. The number of nitrogens with zero attached hydrogens (tertiary/aromatic N) is 3. The molecule has 1 heterocycles. The van der Waals surface area contributed by atoms with Gasteiger partial charge in [-0.15, -0.1) is 0 Å². The van der Waals surface area contributed by atoms with Crippen molar-refractivity contribution < 1.29 is 22.7 Å². The van der Waals surface area contributed by atoms with Crippen LogP contribution in [0.3, 0.4) is 0 Å². The zero-order chi connectivity index (χ0) is 22.3. The molecule has 0 aliphatic heterocycles. The fourth-order valence-electron chi connectivity index (χ4n) is 2.71. The van der Waals surface area contributed by atoms with E-state index in [1.54, 1.807) is 6.92 Å². The number of nitro benzene ring substituents is 1. The number of hydrogen-bond acceptors (Lipinski definition) is 7. The lowest BCUT2D eigenvalue weighted by Crippen LogP contribution is -2.38. The van der Waals surface area contributed by atoms with E-state index in [1.807, 2.05) is 6.92 Å². The van der Waals surface area contributed by atoms with Crippen molar-refractivity contribution in [3.05, 3.63) is 45.2 Å². The quantitative estimate of drug-likeness (QED) is 0.307. The van der Waals surface area contributed by atoms with Gasteiger partial charge in [-0.1, -0.05) is 42.9 Å². The van der Waals surface area contributed by atoms with Gasteiger partial charge in [-0.25, -0.2) is 8.42 Å². The molecule has 30 heavy (non-hydrogen) atoms. The molecule has 0 spiro atoms. The van der Waals surface area contributed by atoms with Crippen molar-refractivity contribution in [3.63, 3.8) is 0 Å². The first-order valence-corrected chi connectivity index (χ1v) is 11.1. The summed E-state index contributed by atoms with van der Waals surface area (Å²) in [5, 5.41) is 17.1. The minimum absolute atomic E-state index is 0.0873. The van der Waals surface area contributed by atoms with Crippen LogP contribution in [0.1, 0.15) is 38.4 Å². The molecule has 164 valence electrons. The Bertz CT molecular complexity index is 1010. The number of carbonyl (C=O) groups is 1. The van der Waals surface area contributed by atoms with Crippen LogP contribution in [0.4, 0.5) is 11.5 Å². The van der Waals surface area contributed by atoms with E-state index in [0.29, 0.717) is 12.2 Å². The molecule has 0 saturated carbocycles. The lowest BCUT2D eigenvalue weighted by Gasteiger charge is -2.21. The van der Waals surface area contributed by atoms with Crippen LogP contribution in [-0.2, 0) is 14.8 Å². The minimum Gasteiger partial charge on any atom is -0.360 e. The van der Waals surface area contributed by atoms with Gasteiger partial charge < -0.3 is 9.84 Å². The van der Waals surface area contributed by atoms with E-state index in [9.17, 15) is 23.3 Å². The number of nitrogens with one attached hydrogen (secondary N) is 1. The molecule has 0 unspecified atom stereocenters. The summed E-state index contributed by atoms with van der Waals surface area (Å²) < 4.78 is 32.1. The van der Waals surface area contributed by atoms with Gasteiger partial charge in [-0.3, -0.25) is 14.9 Å². The first-order chi connectivity index (χ1) is 14.1. The standard InChI is InChI=1S/C18H23ClN4O6S/c1-3-4-5-6-9-22(12-18(24)20-17-10-13(2)29-21-17)30(27,28)14-7-8-15(19)16(11-14)23(25)26/h7-8,10-11H,3-6,9,12H2,1-2H3,(H,20,21,24). The molecular weight excluding hydrogens is 436 g/mol. The van der Waals surface area contributed by atoms with Gasteiger partial charge in [0.05, 0.1) is 16.4 Å². The maximum Gasteiger partial charge on any atom is 0.289 e. The molecule has 2 aromatic rings. The number of benzene rings is 1. The number of amides is 1. The zero-order valence-corrected chi connectivity index (χ0v) is 18.2. The molecule has 1 N–H and O–H groups in total. The Morgan fingerprint density at radius 3 is 2.63 bits per heavy atom. The number of aromatic nitrogens is 1. The molecule has 0 radical (unpaired) electrons. The van der Waals surface area contributed by atoms with Crippen LogP contribution in [0.25, 0.3) is 0 Å². The highest BCUT2D eigenvalue weighted by Crippen LogP contribution is 2.28. The fourth-order valence-corrected chi connectivity index (χ4v) is 4.35. The Morgan fingerprint density at radius 1 is 1.30 bits per heavy atom. The molecule has 1 amide bonds. The summed E-state index contributed by atoms with van der Waals surface area (Å²) in [5.41, 5.74) is -0.522. The van der Waals surface area contributed by atoms with Crippen molar-refractivity contribution in [2.45, 2.75) is 44.4 Å². The Balaban J connectivity index is 2.26. The number of nitro groups is 1. The van der Waals surface area contributed by atoms with Gasteiger partial charge >= 0.3 is 0 Å². The number of anilines is 1. The van der Waals surface area contributed by atoms with E-state index < -0.39 is 33.1 Å². The molecular formula is C18H23ClN4O6S. The van der Waals surface area contributed by atoms with Crippen LogP contribution >= 0.6 is 11.6 Å². The van der Waals surface area contributed by atoms with E-state index >= 15 is 0 Å². The summed E-state index contributed by atoms with van der Waals surface area (Å²) in [6.45, 7) is 3.29. The normalized spacial score (nSPS) is 11.6. The molecule has 0 aliphatic rings. The third kappa shape index (κ3) is 6.25. The summed E-state index contributed by atoms with van der Waals surface area (Å²) in [6, 6.07) is 4.73. The number of aryl methyl sites for hydroxylation is 1. The van der Waals surface area contributed by atoms with Crippen molar-refractivity contribution in [1.29, 1.82) is 0 Å². The number of rotatable bonds is 11. The highest BCUT2D eigenvalue weighted by Gasteiger charge is 2.29. The number of unbranched alkanes of at least 4 members (excludes halogenated alkanes) is 3. The SMILES string of the molecule is CCCCCCN(CC(=O)Nc1cc(C)on1)S(=O)(=O)c1ccc(Cl)c([N+](=O)[O-])c1. The van der Waals surface area contributed by atoms with Crippen molar-refractivity contribution in [2.24, 2.45) is 0 Å². The third-order valence-corrected chi connectivity index (χ3v) is 6.39. The minimum atomic E-state index is -4.18. The van der Waals surface area contributed by atoms with Crippen LogP contribution in [0.15, 0.2) is 33.7 Å². The molecule has 0 fully saturated rings. The fraction of sp³-hybridized carbons (Fsp3) is 0.444. The first-order valence-electron chi connectivity index (χ1n) is 9.32. The maximum atomic E-state index is 13.1. The number of halogens is 1. The summed E-state index contributed by atoms with van der Waals surface area (Å²) in [4.78, 5) is 22.5. The molecule has 0 atom stereocenters. The van der Waals surface area contributed by atoms with E-state index in [2.05, 4.69) is 10.5 Å². The highest BCUT2D eigenvalue weighted by molar-refractivity contribution is 7.89.